The minimum atomic E-state index is -4.59. The van der Waals surface area contributed by atoms with Gasteiger partial charge in [-0.25, -0.2) is 0 Å². The van der Waals surface area contributed by atoms with Gasteiger partial charge in [0.1, 0.15) is 0 Å². The highest BCUT2D eigenvalue weighted by Crippen LogP contribution is 2.55. The molecule has 16 heavy (non-hydrogen) atoms. The number of halogens is 3. The summed E-state index contributed by atoms with van der Waals surface area (Å²) < 4.78 is 42.6. The van der Waals surface area contributed by atoms with Crippen LogP contribution in [0.2, 0.25) is 0 Å². The van der Waals surface area contributed by atoms with E-state index in [0.717, 1.165) is 12.8 Å². The second-order valence-corrected chi connectivity index (χ2v) is 4.92. The van der Waals surface area contributed by atoms with E-state index in [2.05, 4.69) is 0 Å². The van der Waals surface area contributed by atoms with Crippen molar-refractivity contribution < 1.29 is 27.8 Å². The molecule has 0 bridgehead atoms. The molecule has 3 unspecified atom stereocenters. The van der Waals surface area contributed by atoms with Gasteiger partial charge in [0.2, 0.25) is 0 Å². The van der Waals surface area contributed by atoms with Gasteiger partial charge in [-0.1, -0.05) is 6.92 Å². The van der Waals surface area contributed by atoms with Crippen LogP contribution in [0.5, 0.6) is 0 Å². The van der Waals surface area contributed by atoms with Crippen LogP contribution in [-0.2, 0) is 9.53 Å². The number of carboxylic acid groups (broad SMARTS) is 1. The van der Waals surface area contributed by atoms with Crippen molar-refractivity contribution in [2.24, 2.45) is 11.3 Å². The fraction of sp³-hybridized carbons (Fsp3) is 0.900. The Hall–Kier alpha value is -0.780. The van der Waals surface area contributed by atoms with Crippen LogP contribution in [-0.4, -0.2) is 29.5 Å². The first-order valence-electron chi connectivity index (χ1n) is 5.19. The van der Waals surface area contributed by atoms with Crippen LogP contribution in [0.25, 0.3) is 0 Å². The maximum absolute atomic E-state index is 12.6. The predicted octanol–water partition coefficient (Wildman–Crippen LogP) is 2.21. The van der Waals surface area contributed by atoms with E-state index in [1.165, 1.54) is 0 Å². The van der Waals surface area contributed by atoms with Crippen molar-refractivity contribution in [1.29, 1.82) is 0 Å². The normalized spacial score (nSPS) is 37.4. The maximum atomic E-state index is 12.6. The van der Waals surface area contributed by atoms with Gasteiger partial charge in [0, 0.05) is 0 Å². The smallest absolute Gasteiger partial charge is 0.415 e. The van der Waals surface area contributed by atoms with Crippen molar-refractivity contribution in [1.82, 2.24) is 0 Å². The molecule has 1 N–H and O–H groups in total. The zero-order chi connectivity index (χ0) is 12.1. The quantitative estimate of drug-likeness (QED) is 0.802. The fourth-order valence-corrected chi connectivity index (χ4v) is 2.19. The van der Waals surface area contributed by atoms with Gasteiger partial charge in [0.25, 0.3) is 0 Å². The number of aliphatic carboxylic acids is 1. The van der Waals surface area contributed by atoms with E-state index in [1.54, 1.807) is 0 Å². The van der Waals surface area contributed by atoms with Crippen molar-refractivity contribution in [2.45, 2.75) is 44.6 Å². The average Bonchev–Trinajstić information content (AvgIpc) is 2.73. The zero-order valence-corrected chi connectivity index (χ0v) is 8.75. The monoisotopic (exact) mass is 238 g/mol. The lowest BCUT2D eigenvalue weighted by Crippen LogP contribution is -2.37. The van der Waals surface area contributed by atoms with Crippen molar-refractivity contribution in [3.8, 4) is 0 Å². The van der Waals surface area contributed by atoms with Gasteiger partial charge in [-0.2, -0.15) is 13.2 Å². The van der Waals surface area contributed by atoms with Crippen molar-refractivity contribution in [2.75, 3.05) is 0 Å². The summed E-state index contributed by atoms with van der Waals surface area (Å²) in [6, 6.07) is 0. The third-order valence-electron chi connectivity index (χ3n) is 3.60. The molecule has 0 aromatic heterocycles. The van der Waals surface area contributed by atoms with Crippen LogP contribution < -0.4 is 0 Å². The van der Waals surface area contributed by atoms with E-state index in [9.17, 15) is 18.0 Å². The number of hydrogen-bond donors (Lipinski definition) is 1. The molecule has 2 fully saturated rings. The summed E-state index contributed by atoms with van der Waals surface area (Å²) in [5, 5.41) is 8.77. The van der Waals surface area contributed by atoms with Crippen LogP contribution in [0.1, 0.15) is 26.2 Å². The van der Waals surface area contributed by atoms with Gasteiger partial charge in [-0.05, 0) is 24.7 Å². The summed E-state index contributed by atoms with van der Waals surface area (Å²) in [6.07, 6.45) is -5.71. The van der Waals surface area contributed by atoms with E-state index in [1.807, 2.05) is 6.92 Å². The zero-order valence-electron chi connectivity index (χ0n) is 8.75. The van der Waals surface area contributed by atoms with Crippen LogP contribution in [0.15, 0.2) is 0 Å². The molecule has 0 aromatic rings. The lowest BCUT2D eigenvalue weighted by Gasteiger charge is -2.20. The first-order valence-corrected chi connectivity index (χ1v) is 5.19. The topological polar surface area (TPSA) is 46.5 Å². The molecule has 2 aliphatic rings. The molecule has 0 amide bonds. The Kier molecular flexibility index (Phi) is 2.45. The van der Waals surface area contributed by atoms with Crippen LogP contribution >= 0.6 is 0 Å². The molecule has 1 aliphatic heterocycles. The van der Waals surface area contributed by atoms with E-state index in [-0.39, 0.29) is 11.8 Å². The molecule has 0 radical (unpaired) electrons. The highest BCUT2D eigenvalue weighted by atomic mass is 19.4. The number of ether oxygens (including phenoxy) is 1. The lowest BCUT2D eigenvalue weighted by molar-refractivity contribution is -0.229. The van der Waals surface area contributed by atoms with Crippen LogP contribution in [0.3, 0.4) is 0 Å². The Bertz CT molecular complexity index is 309. The van der Waals surface area contributed by atoms with Gasteiger partial charge < -0.3 is 9.84 Å². The number of rotatable bonds is 2. The second-order valence-electron chi connectivity index (χ2n) is 4.92. The van der Waals surface area contributed by atoms with E-state index >= 15 is 0 Å². The fourth-order valence-electron chi connectivity index (χ4n) is 2.19. The second kappa shape index (κ2) is 3.35. The Morgan fingerprint density at radius 2 is 2.00 bits per heavy atom. The SMILES string of the molecule is CC1(C2CC(C(=O)O)C(C(F)(F)F)O2)CC1. The van der Waals surface area contributed by atoms with Crippen LogP contribution in [0, 0.1) is 11.3 Å². The molecule has 1 saturated heterocycles. The molecule has 2 rings (SSSR count). The van der Waals surface area contributed by atoms with Gasteiger partial charge in [-0.15, -0.1) is 0 Å². The van der Waals surface area contributed by atoms with Crippen LogP contribution in [0.4, 0.5) is 13.2 Å². The predicted molar refractivity (Wildman–Crippen MR) is 47.8 cm³/mol. The molecule has 1 heterocycles. The highest BCUT2D eigenvalue weighted by Gasteiger charge is 2.59. The van der Waals surface area contributed by atoms with Crippen molar-refractivity contribution in [3.63, 3.8) is 0 Å². The molecule has 92 valence electrons. The van der Waals surface area contributed by atoms with E-state index in [4.69, 9.17) is 9.84 Å². The number of hydrogen-bond acceptors (Lipinski definition) is 2. The molecule has 6 heteroatoms. The maximum Gasteiger partial charge on any atom is 0.415 e. The summed E-state index contributed by atoms with van der Waals surface area (Å²) in [6.45, 7) is 1.84. The summed E-state index contributed by atoms with van der Waals surface area (Å²) >= 11 is 0. The highest BCUT2D eigenvalue weighted by molar-refractivity contribution is 5.71. The largest absolute Gasteiger partial charge is 0.481 e. The molecule has 3 atom stereocenters. The molecule has 0 aromatic carbocycles. The molecule has 3 nitrogen and oxygen atoms in total. The molecular formula is C10H13F3O3. The third kappa shape index (κ3) is 1.90. The first-order chi connectivity index (χ1) is 7.24. The Morgan fingerprint density at radius 3 is 2.31 bits per heavy atom. The minimum Gasteiger partial charge on any atom is -0.481 e. The molecule has 1 saturated carbocycles. The van der Waals surface area contributed by atoms with Crippen molar-refractivity contribution in [3.05, 3.63) is 0 Å². The minimum absolute atomic E-state index is 0.0317. The van der Waals surface area contributed by atoms with Crippen molar-refractivity contribution >= 4 is 5.97 Å². The standard InChI is InChI=1S/C10H13F3O3/c1-9(2-3-9)6-4-5(8(14)15)7(16-6)10(11,12)13/h5-7H,2-4H2,1H3,(H,14,15). The van der Waals surface area contributed by atoms with Gasteiger partial charge >= 0.3 is 12.1 Å². The molecule has 0 spiro atoms. The Labute approximate surface area is 90.6 Å². The number of carboxylic acids is 1. The van der Waals surface area contributed by atoms with Gasteiger partial charge in [0.15, 0.2) is 6.10 Å². The lowest BCUT2D eigenvalue weighted by atomic mass is 9.92. The average molecular weight is 238 g/mol. The third-order valence-corrected chi connectivity index (χ3v) is 3.60. The number of alkyl halides is 3. The van der Waals surface area contributed by atoms with Gasteiger partial charge in [-0.3, -0.25) is 4.79 Å². The van der Waals surface area contributed by atoms with Gasteiger partial charge in [0.05, 0.1) is 12.0 Å². The summed E-state index contributed by atoms with van der Waals surface area (Å²) in [4.78, 5) is 10.8. The molecule has 1 aliphatic carbocycles. The summed E-state index contributed by atoms with van der Waals surface area (Å²) in [7, 11) is 0. The number of carbonyl (C=O) groups is 1. The Balaban J connectivity index is 2.15. The Morgan fingerprint density at radius 1 is 1.44 bits per heavy atom. The summed E-state index contributed by atoms with van der Waals surface area (Å²) in [5.74, 6) is -2.88. The molecular weight excluding hydrogens is 225 g/mol. The summed E-state index contributed by atoms with van der Waals surface area (Å²) in [5.41, 5.74) is -0.242. The first kappa shape index (κ1) is 11.7. The van der Waals surface area contributed by atoms with E-state index in [0.29, 0.717) is 0 Å². The van der Waals surface area contributed by atoms with E-state index < -0.39 is 30.3 Å².